The van der Waals surface area contributed by atoms with Crippen molar-refractivity contribution >= 4 is 21.8 Å². The number of nitrogens with zero attached hydrogens (tertiary/aromatic N) is 1. The third-order valence-corrected chi connectivity index (χ3v) is 6.09. The van der Waals surface area contributed by atoms with Gasteiger partial charge in [0.1, 0.15) is 0 Å². The summed E-state index contributed by atoms with van der Waals surface area (Å²) in [6.07, 6.45) is 5.03. The van der Waals surface area contributed by atoms with Crippen molar-refractivity contribution in [1.29, 1.82) is 5.26 Å². The van der Waals surface area contributed by atoms with Gasteiger partial charge in [-0.25, -0.2) is 13.1 Å². The molecule has 1 aromatic rings. The predicted octanol–water partition coefficient (Wildman–Crippen LogP) is 2.26. The quantitative estimate of drug-likeness (QED) is 0.905. The lowest BCUT2D eigenvalue weighted by Gasteiger charge is -2.19. The fraction of sp³-hybridized carbons (Fsp3) is 0.500. The van der Waals surface area contributed by atoms with Crippen LogP contribution in [-0.2, 0) is 15.8 Å². The van der Waals surface area contributed by atoms with Gasteiger partial charge in [-0.3, -0.25) is 0 Å². The molecule has 20 heavy (non-hydrogen) atoms. The van der Waals surface area contributed by atoms with E-state index in [0.29, 0.717) is 16.4 Å². The number of thioether (sulfide) groups is 1. The zero-order valence-corrected chi connectivity index (χ0v) is 13.0. The molecule has 2 atom stereocenters. The Hall–Kier alpha value is -1.03. The normalized spacial score (nSPS) is 22.6. The second-order valence-corrected chi connectivity index (χ2v) is 7.79. The highest BCUT2D eigenvalue weighted by Crippen LogP contribution is 2.29. The van der Waals surface area contributed by atoms with Crippen LogP contribution in [0.3, 0.4) is 0 Å². The number of hydrogen-bond acceptors (Lipinski definition) is 4. The molecular weight excluding hydrogens is 292 g/mol. The van der Waals surface area contributed by atoms with Gasteiger partial charge in [0, 0.05) is 11.3 Å². The van der Waals surface area contributed by atoms with Crippen LogP contribution in [0, 0.1) is 11.3 Å². The van der Waals surface area contributed by atoms with Crippen LogP contribution in [0.4, 0.5) is 0 Å². The van der Waals surface area contributed by atoms with Gasteiger partial charge in [0.05, 0.1) is 17.4 Å². The lowest BCUT2D eigenvalue weighted by molar-refractivity contribution is 0.554. The van der Waals surface area contributed by atoms with Crippen molar-refractivity contribution in [2.24, 2.45) is 0 Å². The van der Waals surface area contributed by atoms with Gasteiger partial charge in [-0.1, -0.05) is 24.6 Å². The van der Waals surface area contributed by atoms with E-state index >= 15 is 0 Å². The first-order chi connectivity index (χ1) is 9.55. The largest absolute Gasteiger partial charge is 0.216 e. The van der Waals surface area contributed by atoms with Gasteiger partial charge in [0.15, 0.2) is 0 Å². The molecule has 0 bridgehead atoms. The molecular formula is C14H18N2O2S2. The van der Waals surface area contributed by atoms with E-state index in [1.807, 2.05) is 12.3 Å². The molecule has 2 rings (SSSR count). The van der Waals surface area contributed by atoms with Gasteiger partial charge < -0.3 is 0 Å². The van der Waals surface area contributed by atoms with Crippen LogP contribution in [0.15, 0.2) is 24.3 Å². The summed E-state index contributed by atoms with van der Waals surface area (Å²) >= 11 is 1.72. The first-order valence-corrected chi connectivity index (χ1v) is 9.50. The van der Waals surface area contributed by atoms with Gasteiger partial charge >= 0.3 is 0 Å². The van der Waals surface area contributed by atoms with Crippen LogP contribution in [-0.4, -0.2) is 26.0 Å². The van der Waals surface area contributed by atoms with Crippen LogP contribution in [0.2, 0.25) is 0 Å². The maximum atomic E-state index is 12.3. The molecule has 0 aromatic heterocycles. The first kappa shape index (κ1) is 15.4. The topological polar surface area (TPSA) is 70.0 Å². The Balaban J connectivity index is 2.10. The van der Waals surface area contributed by atoms with E-state index in [-0.39, 0.29) is 11.8 Å². The fourth-order valence-electron chi connectivity index (χ4n) is 2.58. The third kappa shape index (κ3) is 3.75. The monoisotopic (exact) mass is 310 g/mol. The Morgan fingerprint density at radius 2 is 2.15 bits per heavy atom. The third-order valence-electron chi connectivity index (χ3n) is 3.57. The predicted molar refractivity (Wildman–Crippen MR) is 81.9 cm³/mol. The average molecular weight is 310 g/mol. The summed E-state index contributed by atoms with van der Waals surface area (Å²) in [6, 6.07) is 8.88. The second kappa shape index (κ2) is 6.61. The highest BCUT2D eigenvalue weighted by molar-refractivity contribution is 7.99. The number of nitrogens with one attached hydrogen (secondary N) is 1. The maximum Gasteiger partial charge on any atom is 0.216 e. The van der Waals surface area contributed by atoms with Crippen LogP contribution in [0.5, 0.6) is 0 Å². The van der Waals surface area contributed by atoms with E-state index in [2.05, 4.69) is 4.72 Å². The molecule has 0 amide bonds. The number of nitriles is 1. The zero-order chi connectivity index (χ0) is 14.6. The lowest BCUT2D eigenvalue weighted by Crippen LogP contribution is -2.39. The Morgan fingerprint density at radius 1 is 1.40 bits per heavy atom. The van der Waals surface area contributed by atoms with Crippen molar-refractivity contribution in [2.75, 3.05) is 6.26 Å². The molecule has 1 N–H and O–H groups in total. The fourth-order valence-corrected chi connectivity index (χ4v) is 5.08. The summed E-state index contributed by atoms with van der Waals surface area (Å²) in [5.41, 5.74) is 0.979. The Morgan fingerprint density at radius 3 is 2.85 bits per heavy atom. The number of hydrogen-bond donors (Lipinski definition) is 1. The molecule has 2 unspecified atom stereocenters. The zero-order valence-electron chi connectivity index (χ0n) is 11.4. The van der Waals surface area contributed by atoms with Crippen LogP contribution >= 0.6 is 11.8 Å². The smallest absolute Gasteiger partial charge is 0.212 e. The summed E-state index contributed by atoms with van der Waals surface area (Å²) in [6.45, 7) is 0. The number of benzene rings is 1. The van der Waals surface area contributed by atoms with E-state index in [1.165, 1.54) is 0 Å². The average Bonchev–Trinajstić information content (AvgIpc) is 2.85. The van der Waals surface area contributed by atoms with Crippen molar-refractivity contribution in [2.45, 2.75) is 36.3 Å². The van der Waals surface area contributed by atoms with Crippen molar-refractivity contribution in [1.82, 2.24) is 4.72 Å². The highest BCUT2D eigenvalue weighted by atomic mass is 32.2. The Labute approximate surface area is 124 Å². The van der Waals surface area contributed by atoms with Crippen LogP contribution in [0.1, 0.15) is 30.4 Å². The van der Waals surface area contributed by atoms with Gasteiger partial charge in [-0.15, -0.1) is 0 Å². The van der Waals surface area contributed by atoms with Crippen molar-refractivity contribution in [3.05, 3.63) is 35.4 Å². The maximum absolute atomic E-state index is 12.3. The molecule has 108 valence electrons. The minimum absolute atomic E-state index is 0.0178. The van der Waals surface area contributed by atoms with E-state index in [4.69, 9.17) is 5.26 Å². The number of sulfonamides is 1. The molecule has 1 aliphatic carbocycles. The first-order valence-electron chi connectivity index (χ1n) is 6.56. The molecule has 1 aromatic carbocycles. The van der Waals surface area contributed by atoms with Crippen molar-refractivity contribution < 1.29 is 8.42 Å². The standard InChI is InChI=1S/C14H18N2O2S2/c1-19-14-8-4-7-13(14)16-20(17,18)10-12-6-3-2-5-11(12)9-15/h2-3,5-6,13-14,16H,4,7-8,10H2,1H3. The number of rotatable bonds is 5. The molecule has 1 fully saturated rings. The molecule has 0 heterocycles. The SMILES string of the molecule is CSC1CCCC1NS(=O)(=O)Cc1ccccc1C#N. The molecule has 1 saturated carbocycles. The molecule has 0 radical (unpaired) electrons. The van der Waals surface area contributed by atoms with E-state index in [0.717, 1.165) is 19.3 Å². The summed E-state index contributed by atoms with van der Waals surface area (Å²) in [7, 11) is -3.41. The molecule has 6 heteroatoms. The van der Waals surface area contributed by atoms with E-state index in [1.54, 1.807) is 36.0 Å². The van der Waals surface area contributed by atoms with Gasteiger partial charge in [0.2, 0.25) is 10.0 Å². The molecule has 0 saturated heterocycles. The summed E-state index contributed by atoms with van der Waals surface area (Å²) < 4.78 is 27.3. The Kier molecular flexibility index (Phi) is 5.08. The van der Waals surface area contributed by atoms with Gasteiger partial charge in [-0.2, -0.15) is 17.0 Å². The van der Waals surface area contributed by atoms with E-state index < -0.39 is 10.0 Å². The van der Waals surface area contributed by atoms with Crippen LogP contribution in [0.25, 0.3) is 0 Å². The van der Waals surface area contributed by atoms with Crippen molar-refractivity contribution in [3.63, 3.8) is 0 Å². The molecule has 1 aliphatic rings. The Bertz CT molecular complexity index is 608. The minimum atomic E-state index is -3.41. The molecule has 0 aliphatic heterocycles. The summed E-state index contributed by atoms with van der Waals surface area (Å²) in [5, 5.41) is 9.37. The lowest BCUT2D eigenvalue weighted by atomic mass is 10.1. The summed E-state index contributed by atoms with van der Waals surface area (Å²) in [4.78, 5) is 0. The van der Waals surface area contributed by atoms with Crippen molar-refractivity contribution in [3.8, 4) is 6.07 Å². The molecule has 4 nitrogen and oxygen atoms in total. The van der Waals surface area contributed by atoms with E-state index in [9.17, 15) is 8.42 Å². The summed E-state index contributed by atoms with van der Waals surface area (Å²) in [5.74, 6) is -0.131. The minimum Gasteiger partial charge on any atom is -0.212 e. The molecule has 0 spiro atoms. The van der Waals surface area contributed by atoms with Gasteiger partial charge in [-0.05, 0) is 30.7 Å². The van der Waals surface area contributed by atoms with Gasteiger partial charge in [0.25, 0.3) is 0 Å². The highest BCUT2D eigenvalue weighted by Gasteiger charge is 2.30. The second-order valence-electron chi connectivity index (χ2n) is 4.96. The van der Waals surface area contributed by atoms with Crippen LogP contribution < -0.4 is 4.72 Å².